The van der Waals surface area contributed by atoms with E-state index in [2.05, 4.69) is 13.0 Å². The van der Waals surface area contributed by atoms with Gasteiger partial charge in [0.1, 0.15) is 5.60 Å². The van der Waals surface area contributed by atoms with Gasteiger partial charge in [-0.05, 0) is 44.7 Å². The molecule has 98 valence electrons. The monoisotopic (exact) mass is 263 g/mol. The minimum Gasteiger partial charge on any atom is -0.383 e. The van der Waals surface area contributed by atoms with Crippen LogP contribution in [0.4, 0.5) is 0 Å². The predicted molar refractivity (Wildman–Crippen MR) is 74.3 cm³/mol. The molecule has 3 unspecified atom stereocenters. The maximum absolute atomic E-state index is 11.0. The zero-order valence-corrected chi connectivity index (χ0v) is 12.2. The van der Waals surface area contributed by atoms with Crippen LogP contribution in [-0.4, -0.2) is 5.11 Å². The van der Waals surface area contributed by atoms with Crippen LogP contribution in [-0.2, 0) is 5.60 Å². The number of hydrogen-bond donors (Lipinski definition) is 1. The summed E-state index contributed by atoms with van der Waals surface area (Å²) < 4.78 is 0. The third-order valence-electron chi connectivity index (χ3n) is 4.36. The summed E-state index contributed by atoms with van der Waals surface area (Å²) in [6, 6.07) is 6.44. The van der Waals surface area contributed by atoms with E-state index in [4.69, 9.17) is 0 Å². The fourth-order valence-corrected chi connectivity index (χ4v) is 4.15. The topological polar surface area (TPSA) is 44.0 Å². The van der Waals surface area contributed by atoms with E-state index >= 15 is 0 Å². The summed E-state index contributed by atoms with van der Waals surface area (Å²) in [5.74, 6) is 0.519. The molecule has 0 amide bonds. The van der Waals surface area contributed by atoms with Crippen LogP contribution in [0.25, 0.3) is 0 Å². The molecule has 1 fully saturated rings. The van der Waals surface area contributed by atoms with E-state index in [1.807, 2.05) is 26.0 Å². The van der Waals surface area contributed by atoms with Gasteiger partial charge in [0.15, 0.2) is 0 Å². The molecule has 3 heteroatoms. The van der Waals surface area contributed by atoms with Crippen LogP contribution in [0.2, 0.25) is 0 Å². The van der Waals surface area contributed by atoms with Gasteiger partial charge in [-0.15, -0.1) is 11.3 Å². The van der Waals surface area contributed by atoms with Crippen molar-refractivity contribution in [2.45, 2.75) is 52.1 Å². The van der Waals surface area contributed by atoms with Crippen molar-refractivity contribution in [3.05, 3.63) is 21.9 Å². The summed E-state index contributed by atoms with van der Waals surface area (Å²) in [7, 11) is 0. The number of rotatable bonds is 2. The first-order valence-electron chi connectivity index (χ1n) is 6.62. The van der Waals surface area contributed by atoms with E-state index in [9.17, 15) is 10.4 Å². The summed E-state index contributed by atoms with van der Waals surface area (Å²) in [6.45, 7) is 6.04. The lowest BCUT2D eigenvalue weighted by molar-refractivity contribution is -0.0692. The van der Waals surface area contributed by atoms with Crippen molar-refractivity contribution in [1.82, 2.24) is 0 Å². The molecule has 1 heterocycles. The van der Waals surface area contributed by atoms with Crippen LogP contribution in [0.15, 0.2) is 12.1 Å². The average molecular weight is 263 g/mol. The molecule has 1 aliphatic carbocycles. The SMILES string of the molecule is Cc1ccc(C(C)(O)C2(C#N)CCCC(C)C2)s1. The van der Waals surface area contributed by atoms with E-state index in [1.165, 1.54) is 11.3 Å². The zero-order valence-electron chi connectivity index (χ0n) is 11.4. The number of nitriles is 1. The van der Waals surface area contributed by atoms with Crippen molar-refractivity contribution in [3.63, 3.8) is 0 Å². The Bertz CT molecular complexity index is 471. The zero-order chi connectivity index (χ0) is 13.4. The van der Waals surface area contributed by atoms with Crippen molar-refractivity contribution >= 4 is 11.3 Å². The van der Waals surface area contributed by atoms with Crippen molar-refractivity contribution in [2.75, 3.05) is 0 Å². The Morgan fingerprint density at radius 3 is 2.78 bits per heavy atom. The lowest BCUT2D eigenvalue weighted by Gasteiger charge is -2.44. The summed E-state index contributed by atoms with van der Waals surface area (Å²) in [5, 5.41) is 20.6. The number of aryl methyl sites for hydroxylation is 1. The average Bonchev–Trinajstić information content (AvgIpc) is 2.76. The molecule has 0 bridgehead atoms. The molecule has 0 aliphatic heterocycles. The van der Waals surface area contributed by atoms with Crippen molar-refractivity contribution in [1.29, 1.82) is 5.26 Å². The summed E-state index contributed by atoms with van der Waals surface area (Å²) in [5.41, 5.74) is -1.66. The van der Waals surface area contributed by atoms with Gasteiger partial charge in [0.05, 0.1) is 11.5 Å². The number of hydrogen-bond acceptors (Lipinski definition) is 3. The second-order valence-electron chi connectivity index (χ2n) is 5.88. The Morgan fingerprint density at radius 2 is 2.28 bits per heavy atom. The van der Waals surface area contributed by atoms with Crippen LogP contribution >= 0.6 is 11.3 Å². The Labute approximate surface area is 113 Å². The standard InChI is InChI=1S/C15H21NOS/c1-11-5-4-8-15(9-11,10-16)14(3,17)13-7-6-12(2)18-13/h6-7,11,17H,4-5,8-9H2,1-3H3. The lowest BCUT2D eigenvalue weighted by Crippen LogP contribution is -2.45. The molecule has 18 heavy (non-hydrogen) atoms. The molecule has 1 saturated carbocycles. The van der Waals surface area contributed by atoms with Gasteiger partial charge in [-0.25, -0.2) is 0 Å². The molecule has 2 nitrogen and oxygen atoms in total. The smallest absolute Gasteiger partial charge is 0.114 e. The van der Waals surface area contributed by atoms with E-state index in [0.717, 1.165) is 24.1 Å². The first-order chi connectivity index (χ1) is 8.41. The fraction of sp³-hybridized carbons (Fsp3) is 0.667. The van der Waals surface area contributed by atoms with Crippen LogP contribution in [0.1, 0.15) is 49.3 Å². The van der Waals surface area contributed by atoms with Gasteiger partial charge in [0, 0.05) is 9.75 Å². The first kappa shape index (κ1) is 13.6. The Balaban J connectivity index is 2.40. The summed E-state index contributed by atoms with van der Waals surface area (Å²) >= 11 is 1.60. The number of nitrogens with zero attached hydrogens (tertiary/aromatic N) is 1. The summed E-state index contributed by atoms with van der Waals surface area (Å²) in [6.07, 6.45) is 3.81. The Morgan fingerprint density at radius 1 is 1.56 bits per heavy atom. The molecule has 1 aromatic heterocycles. The quantitative estimate of drug-likeness (QED) is 0.877. The minimum atomic E-state index is -1.03. The van der Waals surface area contributed by atoms with E-state index in [-0.39, 0.29) is 0 Å². The van der Waals surface area contributed by atoms with Crippen molar-refractivity contribution in [3.8, 4) is 6.07 Å². The highest BCUT2D eigenvalue weighted by Crippen LogP contribution is 2.52. The highest BCUT2D eigenvalue weighted by atomic mass is 32.1. The van der Waals surface area contributed by atoms with Crippen LogP contribution in [0.5, 0.6) is 0 Å². The first-order valence-corrected chi connectivity index (χ1v) is 7.43. The highest BCUT2D eigenvalue weighted by molar-refractivity contribution is 7.12. The molecule has 0 aromatic carbocycles. The minimum absolute atomic E-state index is 0.519. The highest BCUT2D eigenvalue weighted by Gasteiger charge is 2.51. The third-order valence-corrected chi connectivity index (χ3v) is 5.57. The van der Waals surface area contributed by atoms with Crippen LogP contribution < -0.4 is 0 Å². The second kappa shape index (κ2) is 4.68. The van der Waals surface area contributed by atoms with E-state index < -0.39 is 11.0 Å². The van der Waals surface area contributed by atoms with E-state index in [1.54, 1.807) is 11.3 Å². The molecule has 0 radical (unpaired) electrons. The molecular weight excluding hydrogens is 242 g/mol. The fourth-order valence-electron chi connectivity index (χ4n) is 3.14. The van der Waals surface area contributed by atoms with Crippen LogP contribution in [0, 0.1) is 29.6 Å². The Hall–Kier alpha value is -0.850. The third kappa shape index (κ3) is 2.08. The van der Waals surface area contributed by atoms with Gasteiger partial charge >= 0.3 is 0 Å². The summed E-state index contributed by atoms with van der Waals surface area (Å²) in [4.78, 5) is 2.11. The van der Waals surface area contributed by atoms with Gasteiger partial charge in [0.25, 0.3) is 0 Å². The van der Waals surface area contributed by atoms with Gasteiger partial charge in [-0.1, -0.05) is 19.8 Å². The second-order valence-corrected chi connectivity index (χ2v) is 7.17. The Kier molecular flexibility index (Phi) is 3.53. The molecule has 1 N–H and O–H groups in total. The number of thiophene rings is 1. The van der Waals surface area contributed by atoms with Gasteiger partial charge in [-0.3, -0.25) is 0 Å². The lowest BCUT2D eigenvalue weighted by atomic mass is 9.62. The maximum Gasteiger partial charge on any atom is 0.114 e. The normalized spacial score (nSPS) is 31.6. The van der Waals surface area contributed by atoms with E-state index in [0.29, 0.717) is 5.92 Å². The molecule has 3 atom stereocenters. The maximum atomic E-state index is 11.0. The number of aliphatic hydroxyl groups is 1. The molecule has 1 aromatic rings. The largest absolute Gasteiger partial charge is 0.383 e. The molecular formula is C15H21NOS. The molecule has 2 rings (SSSR count). The van der Waals surface area contributed by atoms with Gasteiger partial charge in [-0.2, -0.15) is 5.26 Å². The van der Waals surface area contributed by atoms with Gasteiger partial charge < -0.3 is 5.11 Å². The van der Waals surface area contributed by atoms with Crippen LogP contribution in [0.3, 0.4) is 0 Å². The van der Waals surface area contributed by atoms with Crippen molar-refractivity contribution < 1.29 is 5.11 Å². The van der Waals surface area contributed by atoms with Gasteiger partial charge in [0.2, 0.25) is 0 Å². The molecule has 0 spiro atoms. The predicted octanol–water partition coefficient (Wildman–Crippen LogP) is 3.98. The molecule has 0 saturated heterocycles. The molecule has 1 aliphatic rings. The van der Waals surface area contributed by atoms with Crippen molar-refractivity contribution in [2.24, 2.45) is 11.3 Å².